The zero-order valence-corrected chi connectivity index (χ0v) is 15.1. The molecule has 0 aliphatic heterocycles. The predicted molar refractivity (Wildman–Crippen MR) is 90.1 cm³/mol. The monoisotopic (exact) mass is 331 g/mol. The van der Waals surface area contributed by atoms with Crippen molar-refractivity contribution < 1.29 is 0 Å². The van der Waals surface area contributed by atoms with E-state index < -0.39 is 0 Å². The van der Waals surface area contributed by atoms with E-state index in [4.69, 9.17) is 0 Å². The predicted octanol–water partition coefficient (Wildman–Crippen LogP) is 5.48. The van der Waals surface area contributed by atoms with Crippen LogP contribution in [0.4, 0.5) is 0 Å². The Labute approximate surface area is 129 Å². The Morgan fingerprint density at radius 3 is 2.00 bits per heavy atom. The second kappa shape index (κ2) is 8.67. The molecule has 0 aromatic heterocycles. The third kappa shape index (κ3) is 5.38. The van der Waals surface area contributed by atoms with Gasteiger partial charge < -0.3 is 4.90 Å². The Bertz CT molecular complexity index is 227. The summed E-state index contributed by atoms with van der Waals surface area (Å²) < 4.78 is 0. The minimum atomic E-state index is 0.501. The molecule has 1 nitrogen and oxygen atoms in total. The molecule has 0 bridgehead atoms. The zero-order chi connectivity index (χ0) is 14.3. The Balaban J connectivity index is 2.56. The lowest BCUT2D eigenvalue weighted by Crippen LogP contribution is -2.43. The van der Waals surface area contributed by atoms with Crippen LogP contribution < -0.4 is 0 Å². The molecule has 0 N–H and O–H groups in total. The average molecular weight is 332 g/mol. The van der Waals surface area contributed by atoms with Gasteiger partial charge in [0.05, 0.1) is 0 Å². The highest BCUT2D eigenvalue weighted by Gasteiger charge is 2.31. The number of alkyl halides is 1. The van der Waals surface area contributed by atoms with Gasteiger partial charge in [0.25, 0.3) is 0 Å². The summed E-state index contributed by atoms with van der Waals surface area (Å²) in [6.07, 6.45) is 11.0. The first-order valence-electron chi connectivity index (χ1n) is 8.33. The van der Waals surface area contributed by atoms with Crippen LogP contribution >= 0.6 is 15.9 Å². The van der Waals surface area contributed by atoms with Gasteiger partial charge in [-0.25, -0.2) is 0 Å². The van der Waals surface area contributed by atoms with Crippen molar-refractivity contribution in [1.29, 1.82) is 0 Å². The fourth-order valence-corrected chi connectivity index (χ4v) is 4.60. The molecule has 0 heterocycles. The van der Waals surface area contributed by atoms with Crippen molar-refractivity contribution in [2.75, 3.05) is 18.9 Å². The standard InChI is InChI=1S/C17H34BrN/c1-5-11-17(13-18,12-6-2)14-19(4)16-9-7-15(3)8-10-16/h15-16H,5-14H2,1-4H3. The molecule has 1 fully saturated rings. The van der Waals surface area contributed by atoms with Crippen LogP contribution in [0.15, 0.2) is 0 Å². The van der Waals surface area contributed by atoms with Gasteiger partial charge >= 0.3 is 0 Å². The molecule has 0 atom stereocenters. The fourth-order valence-electron chi connectivity index (χ4n) is 3.86. The Morgan fingerprint density at radius 1 is 1.05 bits per heavy atom. The van der Waals surface area contributed by atoms with E-state index in [0.717, 1.165) is 17.3 Å². The van der Waals surface area contributed by atoms with E-state index in [-0.39, 0.29) is 0 Å². The van der Waals surface area contributed by atoms with Gasteiger partial charge in [-0.1, -0.05) is 49.5 Å². The zero-order valence-electron chi connectivity index (χ0n) is 13.6. The molecule has 0 aromatic carbocycles. The quantitative estimate of drug-likeness (QED) is 0.532. The highest BCUT2D eigenvalue weighted by Crippen LogP contribution is 2.35. The number of nitrogens with zero attached hydrogens (tertiary/aromatic N) is 1. The van der Waals surface area contributed by atoms with Crippen molar-refractivity contribution in [3.8, 4) is 0 Å². The van der Waals surface area contributed by atoms with Crippen molar-refractivity contribution in [1.82, 2.24) is 4.90 Å². The summed E-state index contributed by atoms with van der Waals surface area (Å²) >= 11 is 3.81. The topological polar surface area (TPSA) is 3.24 Å². The van der Waals surface area contributed by atoms with E-state index in [9.17, 15) is 0 Å². The van der Waals surface area contributed by atoms with Crippen LogP contribution in [0.1, 0.15) is 72.1 Å². The van der Waals surface area contributed by atoms with Gasteiger partial charge in [-0.15, -0.1) is 0 Å². The number of hydrogen-bond acceptors (Lipinski definition) is 1. The van der Waals surface area contributed by atoms with Gasteiger partial charge in [0.15, 0.2) is 0 Å². The summed E-state index contributed by atoms with van der Waals surface area (Å²) in [6, 6.07) is 0.836. The lowest BCUT2D eigenvalue weighted by molar-refractivity contribution is 0.103. The van der Waals surface area contributed by atoms with Crippen molar-refractivity contribution in [3.63, 3.8) is 0 Å². The van der Waals surface area contributed by atoms with Gasteiger partial charge in [-0.3, -0.25) is 0 Å². The number of halogens is 1. The normalized spacial score (nSPS) is 24.9. The largest absolute Gasteiger partial charge is 0.303 e. The van der Waals surface area contributed by atoms with Crippen LogP contribution in [0.5, 0.6) is 0 Å². The first kappa shape index (κ1) is 17.5. The molecular weight excluding hydrogens is 298 g/mol. The molecule has 0 saturated heterocycles. The molecular formula is C17H34BrN. The molecule has 2 heteroatoms. The van der Waals surface area contributed by atoms with Gasteiger partial charge in [-0.2, -0.15) is 0 Å². The number of rotatable bonds is 8. The third-order valence-electron chi connectivity index (χ3n) is 5.04. The van der Waals surface area contributed by atoms with Crippen LogP contribution in [-0.2, 0) is 0 Å². The fraction of sp³-hybridized carbons (Fsp3) is 1.00. The van der Waals surface area contributed by atoms with E-state index in [1.165, 1.54) is 57.9 Å². The third-order valence-corrected chi connectivity index (χ3v) is 6.23. The number of hydrogen-bond donors (Lipinski definition) is 0. The van der Waals surface area contributed by atoms with E-state index in [1.54, 1.807) is 0 Å². The van der Waals surface area contributed by atoms with Crippen molar-refractivity contribution in [2.24, 2.45) is 11.3 Å². The van der Waals surface area contributed by atoms with Crippen molar-refractivity contribution in [3.05, 3.63) is 0 Å². The van der Waals surface area contributed by atoms with Gasteiger partial charge in [0.1, 0.15) is 0 Å². The summed E-state index contributed by atoms with van der Waals surface area (Å²) in [5, 5.41) is 1.16. The minimum Gasteiger partial charge on any atom is -0.303 e. The van der Waals surface area contributed by atoms with E-state index in [1.807, 2.05) is 0 Å². The molecule has 114 valence electrons. The second-order valence-electron chi connectivity index (χ2n) is 6.96. The maximum atomic E-state index is 3.81. The smallest absolute Gasteiger partial charge is 0.0100 e. The summed E-state index contributed by atoms with van der Waals surface area (Å²) in [4.78, 5) is 2.68. The maximum absolute atomic E-state index is 3.81. The minimum absolute atomic E-state index is 0.501. The van der Waals surface area contributed by atoms with Crippen LogP contribution in [-0.4, -0.2) is 29.9 Å². The van der Waals surface area contributed by atoms with Crippen LogP contribution in [0.2, 0.25) is 0 Å². The molecule has 1 aliphatic carbocycles. The summed E-state index contributed by atoms with van der Waals surface area (Å²) in [6.45, 7) is 8.34. The van der Waals surface area contributed by atoms with Crippen LogP contribution in [0.3, 0.4) is 0 Å². The van der Waals surface area contributed by atoms with Gasteiger partial charge in [-0.05, 0) is 56.9 Å². The second-order valence-corrected chi connectivity index (χ2v) is 7.52. The van der Waals surface area contributed by atoms with Gasteiger partial charge in [0.2, 0.25) is 0 Å². The summed E-state index contributed by atoms with van der Waals surface area (Å²) in [5.74, 6) is 0.955. The summed E-state index contributed by atoms with van der Waals surface area (Å²) in [5.41, 5.74) is 0.501. The molecule has 1 aliphatic rings. The Hall–Kier alpha value is 0.440. The van der Waals surface area contributed by atoms with E-state index in [2.05, 4.69) is 48.6 Å². The first-order valence-corrected chi connectivity index (χ1v) is 9.45. The molecule has 0 spiro atoms. The summed E-state index contributed by atoms with van der Waals surface area (Å²) in [7, 11) is 2.36. The molecule has 0 radical (unpaired) electrons. The highest BCUT2D eigenvalue weighted by molar-refractivity contribution is 9.09. The highest BCUT2D eigenvalue weighted by atomic mass is 79.9. The molecule has 1 rings (SSSR count). The van der Waals surface area contributed by atoms with Crippen LogP contribution in [0.25, 0.3) is 0 Å². The molecule has 0 aromatic rings. The Morgan fingerprint density at radius 2 is 1.58 bits per heavy atom. The van der Waals surface area contributed by atoms with E-state index in [0.29, 0.717) is 5.41 Å². The maximum Gasteiger partial charge on any atom is 0.0100 e. The van der Waals surface area contributed by atoms with Crippen molar-refractivity contribution >= 4 is 15.9 Å². The van der Waals surface area contributed by atoms with E-state index >= 15 is 0 Å². The average Bonchev–Trinajstić information content (AvgIpc) is 2.40. The molecule has 0 unspecified atom stereocenters. The lowest BCUT2D eigenvalue weighted by Gasteiger charge is -2.41. The van der Waals surface area contributed by atoms with Crippen molar-refractivity contribution in [2.45, 2.75) is 78.2 Å². The molecule has 19 heavy (non-hydrogen) atoms. The molecule has 0 amide bonds. The molecule has 1 saturated carbocycles. The van der Waals surface area contributed by atoms with Gasteiger partial charge in [0, 0.05) is 17.9 Å². The SMILES string of the molecule is CCCC(CBr)(CCC)CN(C)C1CCC(C)CC1. The van der Waals surface area contributed by atoms with Crippen LogP contribution in [0, 0.1) is 11.3 Å². The lowest BCUT2D eigenvalue weighted by atomic mass is 9.79. The first-order chi connectivity index (χ1) is 9.06. The Kier molecular flexibility index (Phi) is 7.98.